The van der Waals surface area contributed by atoms with Crippen LogP contribution in [0.5, 0.6) is 0 Å². The molecule has 0 aliphatic carbocycles. The summed E-state index contributed by atoms with van der Waals surface area (Å²) < 4.78 is 2.03. The fourth-order valence-corrected chi connectivity index (χ4v) is 4.48. The van der Waals surface area contributed by atoms with Gasteiger partial charge in [-0.05, 0) is 68.5 Å². The number of hydrogen-bond donors (Lipinski definition) is 0. The van der Waals surface area contributed by atoms with Crippen LogP contribution in [0.3, 0.4) is 0 Å². The number of amides is 1. The zero-order valence-electron chi connectivity index (χ0n) is 18.2. The van der Waals surface area contributed by atoms with Crippen LogP contribution < -0.4 is 0 Å². The Balaban J connectivity index is 1.34. The summed E-state index contributed by atoms with van der Waals surface area (Å²) in [6.07, 6.45) is 7.04. The van der Waals surface area contributed by atoms with Gasteiger partial charge in [-0.15, -0.1) is 0 Å². The van der Waals surface area contributed by atoms with Gasteiger partial charge in [-0.1, -0.05) is 23.7 Å². The third-order valence-corrected chi connectivity index (χ3v) is 6.36. The first-order valence-corrected chi connectivity index (χ1v) is 11.3. The number of halogens is 1. The van der Waals surface area contributed by atoms with Crippen LogP contribution in [0, 0.1) is 13.8 Å². The van der Waals surface area contributed by atoms with E-state index in [9.17, 15) is 4.79 Å². The molecule has 162 valence electrons. The Morgan fingerprint density at radius 3 is 2.52 bits per heavy atom. The Kier molecular flexibility index (Phi) is 6.71. The first-order chi connectivity index (χ1) is 15.0. The smallest absolute Gasteiger partial charge is 0.224 e. The van der Waals surface area contributed by atoms with E-state index in [1.165, 1.54) is 11.1 Å². The molecule has 2 aromatic heterocycles. The van der Waals surface area contributed by atoms with E-state index < -0.39 is 0 Å². The highest BCUT2D eigenvalue weighted by Crippen LogP contribution is 2.28. The van der Waals surface area contributed by atoms with Crippen LogP contribution in [0.25, 0.3) is 0 Å². The molecule has 3 aromatic rings. The molecule has 1 aliphatic heterocycles. The van der Waals surface area contributed by atoms with Crippen molar-refractivity contribution in [1.82, 2.24) is 19.4 Å². The molecule has 0 saturated carbocycles. The minimum atomic E-state index is 0.229. The second-order valence-corrected chi connectivity index (χ2v) is 8.85. The van der Waals surface area contributed by atoms with E-state index in [0.717, 1.165) is 54.6 Å². The average molecular weight is 437 g/mol. The number of rotatable bonds is 6. The van der Waals surface area contributed by atoms with Crippen molar-refractivity contribution >= 4 is 17.5 Å². The lowest BCUT2D eigenvalue weighted by atomic mass is 9.91. The number of likely N-dealkylation sites (tertiary alicyclic amines) is 1. The molecule has 0 bridgehead atoms. The van der Waals surface area contributed by atoms with Crippen molar-refractivity contribution < 1.29 is 4.79 Å². The van der Waals surface area contributed by atoms with Crippen LogP contribution in [0.15, 0.2) is 48.8 Å². The summed E-state index contributed by atoms with van der Waals surface area (Å²) in [5.41, 5.74) is 4.73. The molecule has 4 rings (SSSR count). The maximum Gasteiger partial charge on any atom is 0.224 e. The van der Waals surface area contributed by atoms with Gasteiger partial charge in [-0.25, -0.2) is 4.98 Å². The van der Waals surface area contributed by atoms with E-state index in [-0.39, 0.29) is 5.91 Å². The number of nitrogens with zero attached hydrogens (tertiary/aromatic N) is 4. The highest BCUT2D eigenvalue weighted by atomic mass is 35.5. The van der Waals surface area contributed by atoms with E-state index in [0.29, 0.717) is 18.9 Å². The van der Waals surface area contributed by atoms with Gasteiger partial charge in [0.05, 0.1) is 0 Å². The van der Waals surface area contributed by atoms with Crippen molar-refractivity contribution in [1.29, 1.82) is 0 Å². The van der Waals surface area contributed by atoms with E-state index in [1.54, 1.807) is 6.20 Å². The molecule has 0 atom stereocenters. The number of aryl methyl sites for hydroxylation is 3. The molecule has 1 aliphatic rings. The molecule has 0 spiro atoms. The van der Waals surface area contributed by atoms with Gasteiger partial charge in [0.25, 0.3) is 0 Å². The quantitative estimate of drug-likeness (QED) is 0.550. The Hall–Kier alpha value is -2.66. The van der Waals surface area contributed by atoms with Gasteiger partial charge < -0.3 is 9.47 Å². The van der Waals surface area contributed by atoms with E-state index in [2.05, 4.69) is 36.2 Å². The van der Waals surface area contributed by atoms with Crippen molar-refractivity contribution in [3.8, 4) is 0 Å². The topological polar surface area (TPSA) is 51.0 Å². The molecule has 0 unspecified atom stereocenters. The minimum Gasteiger partial charge on any atom is -0.343 e. The van der Waals surface area contributed by atoms with E-state index in [4.69, 9.17) is 16.6 Å². The van der Waals surface area contributed by atoms with Gasteiger partial charge >= 0.3 is 0 Å². The van der Waals surface area contributed by atoms with Crippen LogP contribution in [0.1, 0.15) is 53.5 Å². The molecule has 1 saturated heterocycles. The molecule has 5 nitrogen and oxygen atoms in total. The number of hydrogen-bond acceptors (Lipinski definition) is 3. The second-order valence-electron chi connectivity index (χ2n) is 8.42. The van der Waals surface area contributed by atoms with Gasteiger partial charge in [0.1, 0.15) is 5.82 Å². The highest BCUT2D eigenvalue weighted by molar-refractivity contribution is 6.30. The number of aromatic nitrogens is 3. The third kappa shape index (κ3) is 5.53. The molecule has 1 fully saturated rings. The van der Waals surface area contributed by atoms with Crippen LogP contribution >= 0.6 is 11.6 Å². The first-order valence-electron chi connectivity index (χ1n) is 11.0. The summed E-state index contributed by atoms with van der Waals surface area (Å²) >= 11 is 6.01. The van der Waals surface area contributed by atoms with Crippen molar-refractivity contribution in [3.05, 3.63) is 82.2 Å². The van der Waals surface area contributed by atoms with Gasteiger partial charge in [0.15, 0.2) is 0 Å². The van der Waals surface area contributed by atoms with Crippen molar-refractivity contribution in [3.63, 3.8) is 0 Å². The van der Waals surface area contributed by atoms with Crippen LogP contribution in [0.4, 0.5) is 0 Å². The lowest BCUT2D eigenvalue weighted by Gasteiger charge is -2.32. The standard InChI is InChI=1S/C25H29ClN4O/c1-18-15-21(16-20-3-5-23(26)6-4-20)17-24(28-18)22-7-11-30(12-8-22)25(31)9-13-29-14-10-27-19(29)2/h3-6,10,14-15,17,22H,7-9,11-13,16H2,1-2H3. The predicted molar refractivity (Wildman–Crippen MR) is 123 cm³/mol. The van der Waals surface area contributed by atoms with Crippen molar-refractivity contribution in [2.45, 2.75) is 52.0 Å². The summed E-state index contributed by atoms with van der Waals surface area (Å²) in [6.45, 7) is 6.32. The number of imidazole rings is 1. The molecule has 1 amide bonds. The zero-order chi connectivity index (χ0) is 21.8. The monoisotopic (exact) mass is 436 g/mol. The number of pyridine rings is 1. The van der Waals surface area contributed by atoms with Crippen molar-refractivity contribution in [2.24, 2.45) is 0 Å². The maximum atomic E-state index is 12.7. The molecule has 6 heteroatoms. The predicted octanol–water partition coefficient (Wildman–Crippen LogP) is 4.94. The van der Waals surface area contributed by atoms with Gasteiger partial charge in [-0.2, -0.15) is 0 Å². The Morgan fingerprint density at radius 2 is 1.84 bits per heavy atom. The molecule has 1 aromatic carbocycles. The Morgan fingerprint density at radius 1 is 1.10 bits per heavy atom. The summed E-state index contributed by atoms with van der Waals surface area (Å²) in [5, 5.41) is 0.761. The van der Waals surface area contributed by atoms with Crippen LogP contribution in [-0.2, 0) is 17.8 Å². The number of carbonyl (C=O) groups excluding carboxylic acids is 1. The minimum absolute atomic E-state index is 0.229. The Bertz CT molecular complexity index is 1040. The fourth-order valence-electron chi connectivity index (χ4n) is 4.36. The zero-order valence-corrected chi connectivity index (χ0v) is 19.0. The summed E-state index contributed by atoms with van der Waals surface area (Å²) in [7, 11) is 0. The van der Waals surface area contributed by atoms with Crippen LogP contribution in [0.2, 0.25) is 5.02 Å². The molecule has 31 heavy (non-hydrogen) atoms. The maximum absolute atomic E-state index is 12.7. The van der Waals surface area contributed by atoms with E-state index >= 15 is 0 Å². The summed E-state index contributed by atoms with van der Waals surface area (Å²) in [6, 6.07) is 12.4. The highest BCUT2D eigenvalue weighted by Gasteiger charge is 2.25. The molecule has 0 N–H and O–H groups in total. The van der Waals surface area contributed by atoms with E-state index in [1.807, 2.05) is 34.7 Å². The largest absolute Gasteiger partial charge is 0.343 e. The first kappa shape index (κ1) is 21.6. The third-order valence-electron chi connectivity index (χ3n) is 6.11. The lowest BCUT2D eigenvalue weighted by Crippen LogP contribution is -2.38. The second kappa shape index (κ2) is 9.65. The lowest BCUT2D eigenvalue weighted by molar-refractivity contribution is -0.132. The molecular weight excluding hydrogens is 408 g/mol. The number of carbonyl (C=O) groups is 1. The fraction of sp³-hybridized carbons (Fsp3) is 0.400. The molecular formula is C25H29ClN4O. The van der Waals surface area contributed by atoms with Gasteiger partial charge in [0, 0.05) is 60.8 Å². The Labute approximate surface area is 189 Å². The molecule has 3 heterocycles. The van der Waals surface area contributed by atoms with Gasteiger partial charge in [-0.3, -0.25) is 9.78 Å². The number of piperidine rings is 1. The van der Waals surface area contributed by atoms with Gasteiger partial charge in [0.2, 0.25) is 5.91 Å². The SMILES string of the molecule is Cc1cc(Cc2ccc(Cl)cc2)cc(C2CCN(C(=O)CCn3ccnc3C)CC2)n1. The van der Waals surface area contributed by atoms with Crippen molar-refractivity contribution in [2.75, 3.05) is 13.1 Å². The molecule has 0 radical (unpaired) electrons. The normalized spacial score (nSPS) is 14.7. The van der Waals surface area contributed by atoms with Crippen LogP contribution in [-0.4, -0.2) is 38.4 Å². The summed E-state index contributed by atoms with van der Waals surface area (Å²) in [4.78, 5) is 23.7. The number of benzene rings is 1. The summed E-state index contributed by atoms with van der Waals surface area (Å²) in [5.74, 6) is 1.59. The average Bonchev–Trinajstić information content (AvgIpc) is 3.18.